The molecule has 2 rings (SSSR count). The molecule has 0 unspecified atom stereocenters. The third-order valence-corrected chi connectivity index (χ3v) is 3.72. The molecular weight excluding hydrogens is 245 g/mol. The van der Waals surface area contributed by atoms with Crippen LogP contribution in [0.5, 0.6) is 0 Å². The van der Waals surface area contributed by atoms with Crippen molar-refractivity contribution in [2.24, 2.45) is 0 Å². The van der Waals surface area contributed by atoms with Crippen LogP contribution in [-0.4, -0.2) is 35.1 Å². The molecule has 1 saturated carbocycles. The number of aliphatic hydroxyl groups excluding tert-OH is 1. The Morgan fingerprint density at radius 2 is 2.00 bits per heavy atom. The first-order chi connectivity index (χ1) is 9.20. The molecule has 104 valence electrons. The number of amides is 1. The van der Waals surface area contributed by atoms with Crippen molar-refractivity contribution in [3.8, 4) is 0 Å². The lowest BCUT2D eigenvalue weighted by atomic mass is 9.91. The molecule has 4 heteroatoms. The molecular formula is C15H20FNO2. The van der Waals surface area contributed by atoms with Crippen LogP contribution in [0.1, 0.15) is 31.2 Å². The number of carbonyl (C=O) groups excluding carboxylic acids is 1. The average Bonchev–Trinajstić information content (AvgIpc) is 2.35. The lowest BCUT2D eigenvalue weighted by molar-refractivity contribution is -0.135. The van der Waals surface area contributed by atoms with Gasteiger partial charge in [-0.3, -0.25) is 4.79 Å². The van der Waals surface area contributed by atoms with Crippen molar-refractivity contribution >= 4 is 5.91 Å². The summed E-state index contributed by atoms with van der Waals surface area (Å²) >= 11 is 0. The molecule has 1 amide bonds. The first-order valence-electron chi connectivity index (χ1n) is 6.85. The number of aliphatic hydroxyl groups is 1. The fourth-order valence-corrected chi connectivity index (χ4v) is 2.36. The standard InChI is InChI=1S/C15H20FNO2/c16-13-7-4-12(5-8-13)6-9-15(19)17(10-11-18)14-2-1-3-14/h4-5,7-8,14,18H,1-3,6,9-11H2. The van der Waals surface area contributed by atoms with Gasteiger partial charge in [0.15, 0.2) is 0 Å². The van der Waals surface area contributed by atoms with Crippen LogP contribution >= 0.6 is 0 Å². The first-order valence-corrected chi connectivity index (χ1v) is 6.85. The van der Waals surface area contributed by atoms with Crippen molar-refractivity contribution in [3.63, 3.8) is 0 Å². The van der Waals surface area contributed by atoms with E-state index in [0.717, 1.165) is 24.8 Å². The minimum Gasteiger partial charge on any atom is -0.395 e. The fourth-order valence-electron chi connectivity index (χ4n) is 2.36. The van der Waals surface area contributed by atoms with E-state index in [2.05, 4.69) is 0 Å². The first kappa shape index (κ1) is 14.0. The van der Waals surface area contributed by atoms with Crippen molar-refractivity contribution < 1.29 is 14.3 Å². The number of nitrogens with zero attached hydrogens (tertiary/aromatic N) is 1. The van der Waals surface area contributed by atoms with E-state index in [0.29, 0.717) is 25.4 Å². The summed E-state index contributed by atoms with van der Waals surface area (Å²) in [5.74, 6) is -0.172. The van der Waals surface area contributed by atoms with Crippen LogP contribution in [-0.2, 0) is 11.2 Å². The highest BCUT2D eigenvalue weighted by atomic mass is 19.1. The maximum Gasteiger partial charge on any atom is 0.223 e. The van der Waals surface area contributed by atoms with Crippen molar-refractivity contribution in [2.75, 3.05) is 13.2 Å². The SMILES string of the molecule is O=C(CCc1ccc(F)cc1)N(CCO)C1CCC1. The van der Waals surface area contributed by atoms with Gasteiger partial charge in [0.2, 0.25) is 5.91 Å². The summed E-state index contributed by atoms with van der Waals surface area (Å²) in [4.78, 5) is 13.9. The lowest BCUT2D eigenvalue weighted by Gasteiger charge is -2.37. The van der Waals surface area contributed by atoms with Crippen molar-refractivity contribution in [1.82, 2.24) is 4.90 Å². The Labute approximate surface area is 113 Å². The Bertz CT molecular complexity index is 415. The highest BCUT2D eigenvalue weighted by Gasteiger charge is 2.27. The third-order valence-electron chi connectivity index (χ3n) is 3.72. The molecule has 0 aliphatic heterocycles. The topological polar surface area (TPSA) is 40.5 Å². The summed E-state index contributed by atoms with van der Waals surface area (Å²) in [5.41, 5.74) is 0.965. The summed E-state index contributed by atoms with van der Waals surface area (Å²) in [6, 6.07) is 6.56. The smallest absolute Gasteiger partial charge is 0.223 e. The Kier molecular flexibility index (Phi) is 4.91. The van der Waals surface area contributed by atoms with Crippen LogP contribution < -0.4 is 0 Å². The second kappa shape index (κ2) is 6.66. The largest absolute Gasteiger partial charge is 0.395 e. The molecule has 19 heavy (non-hydrogen) atoms. The molecule has 0 bridgehead atoms. The zero-order chi connectivity index (χ0) is 13.7. The summed E-state index contributed by atoms with van der Waals surface area (Å²) in [7, 11) is 0. The van der Waals surface area contributed by atoms with Gasteiger partial charge in [-0.15, -0.1) is 0 Å². The van der Waals surface area contributed by atoms with Gasteiger partial charge in [0.05, 0.1) is 6.61 Å². The van der Waals surface area contributed by atoms with Gasteiger partial charge in [-0.05, 0) is 43.4 Å². The van der Waals surface area contributed by atoms with Crippen molar-refractivity contribution in [3.05, 3.63) is 35.6 Å². The van der Waals surface area contributed by atoms with Gasteiger partial charge in [0.1, 0.15) is 5.82 Å². The highest BCUT2D eigenvalue weighted by Crippen LogP contribution is 2.25. The van der Waals surface area contributed by atoms with Gasteiger partial charge >= 0.3 is 0 Å². The molecule has 0 saturated heterocycles. The van der Waals surface area contributed by atoms with Crippen LogP contribution in [0.2, 0.25) is 0 Å². The number of benzene rings is 1. The van der Waals surface area contributed by atoms with Crippen molar-refractivity contribution in [1.29, 1.82) is 0 Å². The van der Waals surface area contributed by atoms with Gasteiger partial charge in [0.25, 0.3) is 0 Å². The van der Waals surface area contributed by atoms with E-state index in [9.17, 15) is 9.18 Å². The van der Waals surface area contributed by atoms with Gasteiger partial charge in [-0.25, -0.2) is 4.39 Å². The molecule has 3 nitrogen and oxygen atoms in total. The van der Waals surface area contributed by atoms with Crippen LogP contribution in [0.15, 0.2) is 24.3 Å². The van der Waals surface area contributed by atoms with E-state index in [-0.39, 0.29) is 18.3 Å². The summed E-state index contributed by atoms with van der Waals surface area (Å²) in [6.45, 7) is 0.436. The Hall–Kier alpha value is -1.42. The minimum atomic E-state index is -0.258. The quantitative estimate of drug-likeness (QED) is 0.856. The molecule has 0 radical (unpaired) electrons. The van der Waals surface area contributed by atoms with E-state index in [1.54, 1.807) is 17.0 Å². The van der Waals surface area contributed by atoms with Crippen LogP contribution in [0.25, 0.3) is 0 Å². The zero-order valence-corrected chi connectivity index (χ0v) is 11.0. The molecule has 0 spiro atoms. The Morgan fingerprint density at radius 1 is 1.32 bits per heavy atom. The van der Waals surface area contributed by atoms with Gasteiger partial charge in [0, 0.05) is 19.0 Å². The molecule has 1 aromatic carbocycles. The number of aryl methyl sites for hydroxylation is 1. The summed E-state index contributed by atoms with van der Waals surface area (Å²) in [6.07, 6.45) is 4.29. The van der Waals surface area contributed by atoms with E-state index in [4.69, 9.17) is 5.11 Å². The number of hydrogen-bond acceptors (Lipinski definition) is 2. The molecule has 1 aromatic rings. The minimum absolute atomic E-state index is 0.0127. The zero-order valence-electron chi connectivity index (χ0n) is 11.0. The molecule has 1 aliphatic rings. The molecule has 0 aromatic heterocycles. The monoisotopic (exact) mass is 265 g/mol. The van der Waals surface area contributed by atoms with Crippen LogP contribution in [0.3, 0.4) is 0 Å². The number of halogens is 1. The van der Waals surface area contributed by atoms with Gasteiger partial charge in [-0.2, -0.15) is 0 Å². The highest BCUT2D eigenvalue weighted by molar-refractivity contribution is 5.77. The predicted molar refractivity (Wildman–Crippen MR) is 71.2 cm³/mol. The van der Waals surface area contributed by atoms with Gasteiger partial charge < -0.3 is 10.0 Å². The average molecular weight is 265 g/mol. The normalized spacial score (nSPS) is 15.1. The molecule has 1 N–H and O–H groups in total. The van der Waals surface area contributed by atoms with E-state index in [1.807, 2.05) is 0 Å². The molecule has 0 atom stereocenters. The van der Waals surface area contributed by atoms with Crippen molar-refractivity contribution in [2.45, 2.75) is 38.1 Å². The maximum absolute atomic E-state index is 12.8. The third kappa shape index (κ3) is 3.77. The molecule has 0 heterocycles. The second-order valence-electron chi connectivity index (χ2n) is 5.02. The predicted octanol–water partition coefficient (Wildman–Crippen LogP) is 2.13. The summed E-state index contributed by atoms with van der Waals surface area (Å²) < 4.78 is 12.8. The fraction of sp³-hybridized carbons (Fsp3) is 0.533. The Morgan fingerprint density at radius 3 is 2.53 bits per heavy atom. The van der Waals surface area contributed by atoms with E-state index >= 15 is 0 Å². The molecule has 1 fully saturated rings. The van der Waals surface area contributed by atoms with Crippen LogP contribution in [0, 0.1) is 5.82 Å². The number of carbonyl (C=O) groups is 1. The second-order valence-corrected chi connectivity index (χ2v) is 5.02. The van der Waals surface area contributed by atoms with E-state index < -0.39 is 0 Å². The van der Waals surface area contributed by atoms with E-state index in [1.165, 1.54) is 12.1 Å². The lowest BCUT2D eigenvalue weighted by Crippen LogP contribution is -2.45. The Balaban J connectivity index is 1.86. The maximum atomic E-state index is 12.8. The number of rotatable bonds is 6. The molecule has 1 aliphatic carbocycles. The van der Waals surface area contributed by atoms with Crippen LogP contribution in [0.4, 0.5) is 4.39 Å². The summed E-state index contributed by atoms with van der Waals surface area (Å²) in [5, 5.41) is 9.03. The number of hydrogen-bond donors (Lipinski definition) is 1. The van der Waals surface area contributed by atoms with Gasteiger partial charge in [-0.1, -0.05) is 12.1 Å².